The predicted molar refractivity (Wildman–Crippen MR) is 98.7 cm³/mol. The molecular weight excluding hydrogens is 330 g/mol. The molecule has 6 heteroatoms. The van der Waals surface area contributed by atoms with E-state index < -0.39 is 11.4 Å². The van der Waals surface area contributed by atoms with Gasteiger partial charge in [-0.05, 0) is 44.4 Å². The Bertz CT molecular complexity index is 846. The molecular formula is C20H23N3O3. The number of carbonyl (C=O) groups is 1. The lowest BCUT2D eigenvalue weighted by atomic mass is 9.97. The van der Waals surface area contributed by atoms with E-state index >= 15 is 0 Å². The number of primary amides is 1. The van der Waals surface area contributed by atoms with Crippen molar-refractivity contribution in [1.29, 1.82) is 0 Å². The summed E-state index contributed by atoms with van der Waals surface area (Å²) in [7, 11) is 0. The van der Waals surface area contributed by atoms with E-state index in [2.05, 4.69) is 10.3 Å². The molecule has 1 aliphatic carbocycles. The first kappa shape index (κ1) is 16.7. The predicted octanol–water partition coefficient (Wildman–Crippen LogP) is 3.36. The average molecular weight is 353 g/mol. The van der Waals surface area contributed by atoms with E-state index in [1.54, 1.807) is 19.2 Å². The molecule has 2 heterocycles. The van der Waals surface area contributed by atoms with Crippen LogP contribution in [0.2, 0.25) is 0 Å². The van der Waals surface area contributed by atoms with Crippen LogP contribution in [0, 0.1) is 0 Å². The van der Waals surface area contributed by atoms with Gasteiger partial charge in [-0.1, -0.05) is 13.0 Å². The Morgan fingerprint density at radius 1 is 1.38 bits per heavy atom. The molecule has 0 saturated heterocycles. The molecule has 1 atom stereocenters. The van der Waals surface area contributed by atoms with E-state index in [1.165, 1.54) is 0 Å². The molecule has 6 nitrogen and oxygen atoms in total. The molecule has 3 N–H and O–H groups in total. The molecule has 1 aromatic carbocycles. The number of fused-ring (bicyclic) bond motifs is 2. The number of nitrogens with zero attached hydrogens (tertiary/aromatic N) is 1. The quantitative estimate of drug-likeness (QED) is 0.831. The number of hydrogen-bond acceptors (Lipinski definition) is 5. The smallest absolute Gasteiger partial charge is 0.242 e. The van der Waals surface area contributed by atoms with Crippen molar-refractivity contribution in [3.8, 4) is 17.4 Å². The molecule has 0 radical (unpaired) electrons. The van der Waals surface area contributed by atoms with E-state index in [-0.39, 0.29) is 5.41 Å². The maximum Gasteiger partial charge on any atom is 0.242 e. The van der Waals surface area contributed by atoms with Crippen LogP contribution in [0.5, 0.6) is 17.4 Å². The summed E-state index contributed by atoms with van der Waals surface area (Å²) < 4.78 is 11.9. The number of benzene rings is 1. The first-order valence-electron chi connectivity index (χ1n) is 8.94. The van der Waals surface area contributed by atoms with Gasteiger partial charge in [-0.3, -0.25) is 4.79 Å². The average Bonchev–Trinajstić information content (AvgIpc) is 3.32. The normalized spacial score (nSPS) is 18.5. The zero-order valence-electron chi connectivity index (χ0n) is 15.0. The number of pyridine rings is 1. The van der Waals surface area contributed by atoms with Gasteiger partial charge in [0.05, 0.1) is 18.5 Å². The number of anilines is 1. The molecule has 1 fully saturated rings. The zero-order valence-corrected chi connectivity index (χ0v) is 15.0. The fourth-order valence-corrected chi connectivity index (χ4v) is 3.34. The number of rotatable bonds is 6. The van der Waals surface area contributed by atoms with Gasteiger partial charge in [0.15, 0.2) is 0 Å². The van der Waals surface area contributed by atoms with Crippen molar-refractivity contribution in [3.63, 3.8) is 0 Å². The van der Waals surface area contributed by atoms with Crippen LogP contribution in [0.25, 0.3) is 0 Å². The van der Waals surface area contributed by atoms with Gasteiger partial charge in [0.2, 0.25) is 11.8 Å². The fourth-order valence-electron chi connectivity index (χ4n) is 3.34. The van der Waals surface area contributed by atoms with Crippen LogP contribution >= 0.6 is 0 Å². The second-order valence-electron chi connectivity index (χ2n) is 7.36. The van der Waals surface area contributed by atoms with Crippen LogP contribution in [0.15, 0.2) is 36.5 Å². The van der Waals surface area contributed by atoms with Gasteiger partial charge in [0.1, 0.15) is 17.0 Å². The highest BCUT2D eigenvalue weighted by atomic mass is 16.5. The number of amides is 1. The zero-order chi connectivity index (χ0) is 18.4. The highest BCUT2D eigenvalue weighted by Gasteiger charge is 2.52. The van der Waals surface area contributed by atoms with Crippen LogP contribution in [0.4, 0.5) is 5.69 Å². The van der Waals surface area contributed by atoms with Crippen molar-refractivity contribution >= 4 is 11.6 Å². The number of aromatic nitrogens is 1. The van der Waals surface area contributed by atoms with Crippen LogP contribution in [-0.4, -0.2) is 23.0 Å². The second kappa shape index (κ2) is 5.90. The summed E-state index contributed by atoms with van der Waals surface area (Å²) in [5.41, 5.74) is 6.70. The van der Waals surface area contributed by atoms with Gasteiger partial charge in [-0.2, -0.15) is 0 Å². The minimum absolute atomic E-state index is 0.137. The monoisotopic (exact) mass is 353 g/mol. The van der Waals surface area contributed by atoms with Gasteiger partial charge < -0.3 is 20.5 Å². The van der Waals surface area contributed by atoms with E-state index in [0.717, 1.165) is 42.2 Å². The minimum Gasteiger partial charge on any atom is -0.492 e. The van der Waals surface area contributed by atoms with Crippen LogP contribution in [0.1, 0.15) is 38.7 Å². The largest absolute Gasteiger partial charge is 0.492 e. The third kappa shape index (κ3) is 2.75. The summed E-state index contributed by atoms with van der Waals surface area (Å²) in [6, 6.07) is 9.51. The standard InChI is InChI=1S/C20H23N3O3/c1-3-19(2,18(21)24)23-13-7-8-16(22-11-13)26-15-6-4-5-14-17(15)20(9-10-20)12-25-14/h4-8,11,23H,3,9-10,12H2,1-2H3,(H2,21,24)/t19-/m1/s1. The number of nitrogens with one attached hydrogen (secondary N) is 1. The van der Waals surface area contributed by atoms with Gasteiger partial charge >= 0.3 is 0 Å². The third-order valence-electron chi connectivity index (χ3n) is 5.50. The van der Waals surface area contributed by atoms with Crippen molar-refractivity contribution in [2.75, 3.05) is 11.9 Å². The van der Waals surface area contributed by atoms with Gasteiger partial charge in [0.25, 0.3) is 0 Å². The highest BCUT2D eigenvalue weighted by molar-refractivity contribution is 5.87. The molecule has 1 spiro atoms. The summed E-state index contributed by atoms with van der Waals surface area (Å²) in [6.07, 6.45) is 4.51. The SMILES string of the molecule is CC[C@@](C)(Nc1ccc(Oc2cccc3c2C2(CC2)CO3)nc1)C(N)=O. The third-order valence-corrected chi connectivity index (χ3v) is 5.50. The van der Waals surface area contributed by atoms with Crippen molar-refractivity contribution in [2.45, 2.75) is 44.1 Å². The Kier molecular flexibility index (Phi) is 3.79. The summed E-state index contributed by atoms with van der Waals surface area (Å²) in [4.78, 5) is 16.0. The minimum atomic E-state index is -0.806. The lowest BCUT2D eigenvalue weighted by molar-refractivity contribution is -0.121. The molecule has 1 aliphatic heterocycles. The maximum absolute atomic E-state index is 11.6. The Morgan fingerprint density at radius 3 is 2.81 bits per heavy atom. The lowest BCUT2D eigenvalue weighted by Crippen LogP contribution is -2.47. The Hall–Kier alpha value is -2.76. The summed E-state index contributed by atoms with van der Waals surface area (Å²) >= 11 is 0. The van der Waals surface area contributed by atoms with Crippen LogP contribution in [-0.2, 0) is 10.2 Å². The van der Waals surface area contributed by atoms with E-state index in [4.69, 9.17) is 15.2 Å². The van der Waals surface area contributed by atoms with E-state index in [9.17, 15) is 4.79 Å². The Morgan fingerprint density at radius 2 is 2.19 bits per heavy atom. The molecule has 26 heavy (non-hydrogen) atoms. The van der Waals surface area contributed by atoms with Gasteiger partial charge in [0, 0.05) is 17.0 Å². The van der Waals surface area contributed by atoms with Crippen molar-refractivity contribution < 1.29 is 14.3 Å². The number of ether oxygens (including phenoxy) is 2. The Labute approximate surface area is 152 Å². The van der Waals surface area contributed by atoms with Gasteiger partial charge in [-0.25, -0.2) is 4.98 Å². The molecule has 0 bridgehead atoms. The van der Waals surface area contributed by atoms with Gasteiger partial charge in [-0.15, -0.1) is 0 Å². The summed E-state index contributed by atoms with van der Waals surface area (Å²) in [6.45, 7) is 4.43. The maximum atomic E-state index is 11.6. The molecule has 1 aromatic heterocycles. The summed E-state index contributed by atoms with van der Waals surface area (Å²) in [5, 5.41) is 3.15. The first-order chi connectivity index (χ1) is 12.5. The molecule has 0 unspecified atom stereocenters. The second-order valence-corrected chi connectivity index (χ2v) is 7.36. The molecule has 4 rings (SSSR count). The van der Waals surface area contributed by atoms with Crippen molar-refractivity contribution in [1.82, 2.24) is 4.98 Å². The highest BCUT2D eigenvalue weighted by Crippen LogP contribution is 2.58. The van der Waals surface area contributed by atoms with Crippen LogP contribution < -0.4 is 20.5 Å². The first-order valence-corrected chi connectivity index (χ1v) is 8.94. The van der Waals surface area contributed by atoms with Crippen molar-refractivity contribution in [2.24, 2.45) is 5.73 Å². The fraction of sp³-hybridized carbons (Fsp3) is 0.400. The van der Waals surface area contributed by atoms with Crippen molar-refractivity contribution in [3.05, 3.63) is 42.1 Å². The number of hydrogen-bond donors (Lipinski definition) is 2. The Balaban J connectivity index is 1.53. The van der Waals surface area contributed by atoms with Crippen LogP contribution in [0.3, 0.4) is 0 Å². The summed E-state index contributed by atoms with van der Waals surface area (Å²) in [5.74, 6) is 1.83. The van der Waals surface area contributed by atoms with E-state index in [0.29, 0.717) is 12.3 Å². The molecule has 1 saturated carbocycles. The van der Waals surface area contributed by atoms with E-state index in [1.807, 2.05) is 31.2 Å². The number of nitrogens with two attached hydrogens (primary N) is 1. The topological polar surface area (TPSA) is 86.5 Å². The lowest BCUT2D eigenvalue weighted by Gasteiger charge is -2.26. The molecule has 2 aliphatic rings. The number of carbonyl (C=O) groups excluding carboxylic acids is 1. The molecule has 2 aromatic rings. The molecule has 136 valence electrons. The molecule has 1 amide bonds.